The van der Waals surface area contributed by atoms with Crippen LogP contribution >= 0.6 is 0 Å². The standard InChI is InChI=1S/C18H24N2O3S/c1-12-9-15(6-7-17(12)20-8-2-3-18(20)21)24(22,23)19-16-11-13-4-5-14(16)10-13/h6-7,9,13-14,16,19H,2-5,8,10-11H2,1H3/t13-,14+,16+/m0/s1. The van der Waals surface area contributed by atoms with Crippen LogP contribution in [0.1, 0.15) is 44.1 Å². The Morgan fingerprint density at radius 3 is 2.62 bits per heavy atom. The van der Waals surface area contributed by atoms with Gasteiger partial charge in [-0.2, -0.15) is 0 Å². The van der Waals surface area contributed by atoms with E-state index in [4.69, 9.17) is 0 Å². The van der Waals surface area contributed by atoms with Gasteiger partial charge in [-0.05, 0) is 68.2 Å². The number of sulfonamides is 1. The molecule has 2 saturated carbocycles. The van der Waals surface area contributed by atoms with Gasteiger partial charge in [-0.25, -0.2) is 13.1 Å². The molecule has 4 rings (SSSR count). The summed E-state index contributed by atoms with van der Waals surface area (Å²) in [6, 6.07) is 5.18. The predicted molar refractivity (Wildman–Crippen MR) is 92.3 cm³/mol. The van der Waals surface area contributed by atoms with Crippen LogP contribution in [0.25, 0.3) is 0 Å². The topological polar surface area (TPSA) is 66.5 Å². The number of benzene rings is 1. The molecule has 3 aliphatic rings. The molecule has 1 N–H and O–H groups in total. The molecule has 3 atom stereocenters. The van der Waals surface area contributed by atoms with E-state index in [1.165, 1.54) is 12.8 Å². The molecule has 5 nitrogen and oxygen atoms in total. The van der Waals surface area contributed by atoms with Gasteiger partial charge >= 0.3 is 0 Å². The summed E-state index contributed by atoms with van der Waals surface area (Å²) < 4.78 is 28.4. The van der Waals surface area contributed by atoms with Crippen LogP contribution in [0, 0.1) is 18.8 Å². The van der Waals surface area contributed by atoms with E-state index in [1.807, 2.05) is 6.92 Å². The Kier molecular flexibility index (Phi) is 3.92. The van der Waals surface area contributed by atoms with E-state index in [0.29, 0.717) is 23.2 Å². The molecule has 3 fully saturated rings. The normalized spacial score (nSPS) is 29.6. The third kappa shape index (κ3) is 2.75. The molecule has 1 aromatic carbocycles. The minimum atomic E-state index is -3.50. The van der Waals surface area contributed by atoms with Crippen molar-refractivity contribution in [2.24, 2.45) is 11.8 Å². The number of anilines is 1. The van der Waals surface area contributed by atoms with Gasteiger partial charge in [0.15, 0.2) is 0 Å². The quantitative estimate of drug-likeness (QED) is 0.909. The summed E-state index contributed by atoms with van der Waals surface area (Å²) in [6.07, 6.45) is 5.98. The van der Waals surface area contributed by atoms with E-state index in [2.05, 4.69) is 4.72 Å². The molecule has 0 radical (unpaired) electrons. The van der Waals surface area contributed by atoms with Gasteiger partial charge in [-0.15, -0.1) is 0 Å². The van der Waals surface area contributed by atoms with Gasteiger partial charge in [0.05, 0.1) is 4.90 Å². The van der Waals surface area contributed by atoms with Crippen molar-refractivity contribution in [2.45, 2.75) is 56.4 Å². The van der Waals surface area contributed by atoms with E-state index < -0.39 is 10.0 Å². The molecule has 2 bridgehead atoms. The van der Waals surface area contributed by atoms with Crippen molar-refractivity contribution in [3.05, 3.63) is 23.8 Å². The maximum Gasteiger partial charge on any atom is 0.240 e. The highest BCUT2D eigenvalue weighted by Gasteiger charge is 2.41. The summed E-state index contributed by atoms with van der Waals surface area (Å²) in [7, 11) is -3.50. The summed E-state index contributed by atoms with van der Waals surface area (Å²) in [5, 5.41) is 0. The molecule has 0 unspecified atom stereocenters. The highest BCUT2D eigenvalue weighted by molar-refractivity contribution is 7.89. The molecule has 1 aromatic rings. The van der Waals surface area contributed by atoms with Crippen molar-refractivity contribution < 1.29 is 13.2 Å². The van der Waals surface area contributed by atoms with Gasteiger partial charge < -0.3 is 4.90 Å². The first-order valence-electron chi connectivity index (χ1n) is 8.87. The van der Waals surface area contributed by atoms with Crippen molar-refractivity contribution in [3.8, 4) is 0 Å². The Labute approximate surface area is 143 Å². The van der Waals surface area contributed by atoms with Crippen molar-refractivity contribution in [1.29, 1.82) is 0 Å². The third-order valence-electron chi connectivity index (χ3n) is 5.89. The molecule has 24 heavy (non-hydrogen) atoms. The largest absolute Gasteiger partial charge is 0.312 e. The summed E-state index contributed by atoms with van der Waals surface area (Å²) in [4.78, 5) is 14.0. The number of carbonyl (C=O) groups excluding carboxylic acids is 1. The minimum Gasteiger partial charge on any atom is -0.312 e. The zero-order valence-electron chi connectivity index (χ0n) is 14.0. The van der Waals surface area contributed by atoms with E-state index in [1.54, 1.807) is 23.1 Å². The van der Waals surface area contributed by atoms with E-state index in [-0.39, 0.29) is 11.9 Å². The fraction of sp³-hybridized carbons (Fsp3) is 0.611. The molecule has 0 aromatic heterocycles. The average Bonchev–Trinajstić information content (AvgIpc) is 3.24. The third-order valence-corrected chi connectivity index (χ3v) is 7.37. The van der Waals surface area contributed by atoms with Crippen LogP contribution in [-0.2, 0) is 14.8 Å². The second kappa shape index (κ2) is 5.85. The number of hydrogen-bond donors (Lipinski definition) is 1. The van der Waals surface area contributed by atoms with Crippen LogP contribution in [0.15, 0.2) is 23.1 Å². The number of hydrogen-bond acceptors (Lipinski definition) is 3. The van der Waals surface area contributed by atoms with Crippen LogP contribution in [0.3, 0.4) is 0 Å². The van der Waals surface area contributed by atoms with Crippen LogP contribution in [0.2, 0.25) is 0 Å². The molecular formula is C18H24N2O3S. The van der Waals surface area contributed by atoms with E-state index in [9.17, 15) is 13.2 Å². The molecule has 1 heterocycles. The number of nitrogens with one attached hydrogen (secondary N) is 1. The predicted octanol–water partition coefficient (Wildman–Crippen LogP) is 2.59. The van der Waals surface area contributed by atoms with Crippen molar-refractivity contribution in [1.82, 2.24) is 4.72 Å². The smallest absolute Gasteiger partial charge is 0.240 e. The lowest BCUT2D eigenvalue weighted by Gasteiger charge is -2.23. The molecule has 6 heteroatoms. The minimum absolute atomic E-state index is 0.0916. The monoisotopic (exact) mass is 348 g/mol. The first kappa shape index (κ1) is 16.1. The molecule has 2 aliphatic carbocycles. The van der Waals surface area contributed by atoms with Crippen LogP contribution < -0.4 is 9.62 Å². The Morgan fingerprint density at radius 2 is 2.04 bits per heavy atom. The van der Waals surface area contributed by atoms with Crippen molar-refractivity contribution in [2.75, 3.05) is 11.4 Å². The van der Waals surface area contributed by atoms with Gasteiger partial charge in [0, 0.05) is 24.7 Å². The number of nitrogens with zero attached hydrogens (tertiary/aromatic N) is 1. The maximum atomic E-state index is 12.7. The molecular weight excluding hydrogens is 324 g/mol. The first-order valence-corrected chi connectivity index (χ1v) is 10.4. The van der Waals surface area contributed by atoms with Crippen LogP contribution in [0.4, 0.5) is 5.69 Å². The Bertz CT molecular complexity index is 774. The molecule has 130 valence electrons. The lowest BCUT2D eigenvalue weighted by molar-refractivity contribution is -0.117. The summed E-state index contributed by atoms with van der Waals surface area (Å²) in [5.74, 6) is 1.33. The average molecular weight is 348 g/mol. The highest BCUT2D eigenvalue weighted by atomic mass is 32.2. The fourth-order valence-corrected chi connectivity index (χ4v) is 6.06. The SMILES string of the molecule is Cc1cc(S(=O)(=O)N[C@@H]2C[C@H]3CC[C@@H]2C3)ccc1N1CCCC1=O. The summed E-state index contributed by atoms with van der Waals surface area (Å²) >= 11 is 0. The van der Waals surface area contributed by atoms with Gasteiger partial charge in [-0.1, -0.05) is 6.42 Å². The summed E-state index contributed by atoms with van der Waals surface area (Å²) in [6.45, 7) is 2.59. The Hall–Kier alpha value is -1.40. The molecule has 1 amide bonds. The van der Waals surface area contributed by atoms with E-state index >= 15 is 0 Å². The van der Waals surface area contributed by atoms with Crippen LogP contribution in [0.5, 0.6) is 0 Å². The zero-order chi connectivity index (χ0) is 16.9. The number of carbonyl (C=O) groups is 1. The fourth-order valence-electron chi connectivity index (χ4n) is 4.66. The van der Waals surface area contributed by atoms with Gasteiger partial charge in [0.2, 0.25) is 15.9 Å². The molecule has 1 aliphatic heterocycles. The second-order valence-corrected chi connectivity index (χ2v) is 9.21. The maximum absolute atomic E-state index is 12.7. The van der Waals surface area contributed by atoms with Gasteiger partial charge in [0.1, 0.15) is 0 Å². The van der Waals surface area contributed by atoms with Gasteiger partial charge in [-0.3, -0.25) is 4.79 Å². The Balaban J connectivity index is 1.55. The van der Waals surface area contributed by atoms with Crippen molar-refractivity contribution >= 4 is 21.6 Å². The number of fused-ring (bicyclic) bond motifs is 2. The Morgan fingerprint density at radius 1 is 1.21 bits per heavy atom. The number of aryl methyl sites for hydroxylation is 1. The van der Waals surface area contributed by atoms with Crippen molar-refractivity contribution in [3.63, 3.8) is 0 Å². The lowest BCUT2D eigenvalue weighted by Crippen LogP contribution is -2.38. The number of rotatable bonds is 4. The van der Waals surface area contributed by atoms with Crippen LogP contribution in [-0.4, -0.2) is 26.9 Å². The highest BCUT2D eigenvalue weighted by Crippen LogP contribution is 2.44. The first-order chi connectivity index (χ1) is 11.4. The molecule has 0 spiro atoms. The van der Waals surface area contributed by atoms with Gasteiger partial charge in [0.25, 0.3) is 0 Å². The second-order valence-electron chi connectivity index (χ2n) is 7.50. The summed E-state index contributed by atoms with van der Waals surface area (Å²) in [5.41, 5.74) is 1.66. The van der Waals surface area contributed by atoms with E-state index in [0.717, 1.165) is 37.1 Å². The lowest BCUT2D eigenvalue weighted by atomic mass is 9.96. The zero-order valence-corrected chi connectivity index (χ0v) is 14.8. The molecule has 1 saturated heterocycles. The number of amides is 1.